The van der Waals surface area contributed by atoms with Crippen LogP contribution in [0.2, 0.25) is 0 Å². The Morgan fingerprint density at radius 2 is 2.06 bits per heavy atom. The van der Waals surface area contributed by atoms with Gasteiger partial charge >= 0.3 is 0 Å². The first-order valence-electron chi connectivity index (χ1n) is 4.77. The third kappa shape index (κ3) is 1.47. The number of hydrogen-bond acceptors (Lipinski definition) is 4. The van der Waals surface area contributed by atoms with Crippen LogP contribution in [-0.4, -0.2) is 11.4 Å². The maximum atomic E-state index is 7.82. The summed E-state index contributed by atoms with van der Waals surface area (Å²) in [5, 5.41) is 7.82. The van der Waals surface area contributed by atoms with E-state index in [1.54, 1.807) is 0 Å². The molecular formula is C10H11ClN2O2S. The van der Waals surface area contributed by atoms with Gasteiger partial charge in [0.1, 0.15) is 0 Å². The fraction of sp³-hybridized carbons (Fsp3) is 0.300. The normalized spacial score (nSPS) is 12.8. The van der Waals surface area contributed by atoms with Crippen molar-refractivity contribution < 1.29 is 9.47 Å². The zero-order valence-electron chi connectivity index (χ0n) is 8.65. The van der Waals surface area contributed by atoms with Gasteiger partial charge < -0.3 is 14.0 Å². The number of hydrogen-bond donors (Lipinski definition) is 1. The number of ether oxygens (including phenoxy) is 2. The van der Waals surface area contributed by atoms with Gasteiger partial charge in [-0.15, -0.1) is 12.4 Å². The average molecular weight is 259 g/mol. The maximum absolute atomic E-state index is 7.82. The molecule has 0 amide bonds. The van der Waals surface area contributed by atoms with Gasteiger partial charge in [0, 0.05) is 18.7 Å². The topological polar surface area (TPSA) is 47.2 Å². The van der Waals surface area contributed by atoms with E-state index in [9.17, 15) is 0 Å². The molecule has 86 valence electrons. The molecule has 1 aromatic carbocycles. The molecule has 1 aliphatic heterocycles. The fourth-order valence-electron chi connectivity index (χ4n) is 1.79. The summed E-state index contributed by atoms with van der Waals surface area (Å²) in [6, 6.07) is 3.90. The second kappa shape index (κ2) is 3.99. The minimum Gasteiger partial charge on any atom is -0.454 e. The highest BCUT2D eigenvalue weighted by atomic mass is 35.5. The van der Waals surface area contributed by atoms with Gasteiger partial charge in [0.05, 0.1) is 10.2 Å². The van der Waals surface area contributed by atoms with E-state index in [2.05, 4.69) is 0 Å². The summed E-state index contributed by atoms with van der Waals surface area (Å²) in [6.45, 7) is 3.14. The molecule has 0 saturated carbocycles. The van der Waals surface area contributed by atoms with Crippen LogP contribution < -0.4 is 14.3 Å². The molecule has 2 aromatic rings. The molecule has 2 heterocycles. The van der Waals surface area contributed by atoms with Gasteiger partial charge in [0.25, 0.3) is 0 Å². The molecule has 0 atom stereocenters. The predicted octanol–water partition coefficient (Wildman–Crippen LogP) is 2.35. The lowest BCUT2D eigenvalue weighted by atomic mass is 10.3. The lowest BCUT2D eigenvalue weighted by molar-refractivity contribution is 0.174. The molecule has 0 fully saturated rings. The molecule has 0 aliphatic carbocycles. The summed E-state index contributed by atoms with van der Waals surface area (Å²) < 4.78 is 13.7. The van der Waals surface area contributed by atoms with Crippen molar-refractivity contribution in [2.24, 2.45) is 0 Å². The number of nitrogens with zero attached hydrogens (tertiary/aromatic N) is 1. The zero-order valence-corrected chi connectivity index (χ0v) is 10.3. The monoisotopic (exact) mass is 258 g/mol. The van der Waals surface area contributed by atoms with Crippen molar-refractivity contribution in [3.63, 3.8) is 0 Å². The fourth-order valence-corrected chi connectivity index (χ4v) is 2.77. The average Bonchev–Trinajstić information content (AvgIpc) is 2.76. The van der Waals surface area contributed by atoms with Crippen molar-refractivity contribution >= 4 is 34.0 Å². The molecule has 0 radical (unpaired) electrons. The largest absolute Gasteiger partial charge is 0.454 e. The lowest BCUT2D eigenvalue weighted by Crippen LogP contribution is -2.10. The standard InChI is InChI=1S/C10H10N2O2S.ClH/c1-2-12-6-3-7-8(14-5-13-7)4-9(6)15-10(12)11;/h3-4,11H,2,5H2,1H3;1H. The summed E-state index contributed by atoms with van der Waals surface area (Å²) in [5.41, 5.74) is 1.05. The minimum atomic E-state index is 0. The number of benzene rings is 1. The minimum absolute atomic E-state index is 0. The van der Waals surface area contributed by atoms with Crippen molar-refractivity contribution in [3.05, 3.63) is 16.9 Å². The van der Waals surface area contributed by atoms with E-state index in [4.69, 9.17) is 14.9 Å². The van der Waals surface area contributed by atoms with Crippen molar-refractivity contribution in [1.82, 2.24) is 4.57 Å². The maximum Gasteiger partial charge on any atom is 0.231 e. The van der Waals surface area contributed by atoms with Crippen LogP contribution >= 0.6 is 23.7 Å². The van der Waals surface area contributed by atoms with Crippen molar-refractivity contribution in [2.75, 3.05) is 6.79 Å². The number of nitrogens with one attached hydrogen (secondary N) is 1. The molecule has 0 saturated heterocycles. The second-order valence-electron chi connectivity index (χ2n) is 3.32. The Morgan fingerprint density at radius 1 is 1.38 bits per heavy atom. The lowest BCUT2D eigenvalue weighted by Gasteiger charge is -2.00. The Bertz CT molecular complexity index is 590. The molecule has 1 aliphatic rings. The summed E-state index contributed by atoms with van der Waals surface area (Å²) in [5.74, 6) is 1.56. The Labute approximate surface area is 102 Å². The molecule has 1 aromatic heterocycles. The van der Waals surface area contributed by atoms with E-state index >= 15 is 0 Å². The number of thiazole rings is 1. The molecule has 4 nitrogen and oxygen atoms in total. The summed E-state index contributed by atoms with van der Waals surface area (Å²) in [7, 11) is 0. The van der Waals surface area contributed by atoms with Gasteiger partial charge in [-0.2, -0.15) is 0 Å². The van der Waals surface area contributed by atoms with E-state index in [0.29, 0.717) is 11.6 Å². The van der Waals surface area contributed by atoms with Crippen molar-refractivity contribution in [3.8, 4) is 11.5 Å². The van der Waals surface area contributed by atoms with E-state index in [0.717, 1.165) is 28.3 Å². The van der Waals surface area contributed by atoms with E-state index < -0.39 is 0 Å². The SMILES string of the molecule is CCn1c(=N)sc2cc3c(cc21)OCO3.Cl. The quantitative estimate of drug-likeness (QED) is 0.854. The molecule has 1 N–H and O–H groups in total. The first-order chi connectivity index (χ1) is 7.29. The predicted molar refractivity (Wildman–Crippen MR) is 64.7 cm³/mol. The molecule has 3 rings (SSSR count). The molecular weight excluding hydrogens is 248 g/mol. The van der Waals surface area contributed by atoms with Crippen LogP contribution in [0.1, 0.15) is 6.92 Å². The zero-order chi connectivity index (χ0) is 10.4. The van der Waals surface area contributed by atoms with Gasteiger partial charge in [0.2, 0.25) is 6.79 Å². The molecule has 6 heteroatoms. The van der Waals surface area contributed by atoms with Crippen LogP contribution in [-0.2, 0) is 6.54 Å². The number of halogens is 1. The smallest absolute Gasteiger partial charge is 0.231 e. The number of fused-ring (bicyclic) bond motifs is 2. The van der Waals surface area contributed by atoms with Crippen LogP contribution in [0.5, 0.6) is 11.5 Å². The molecule has 0 bridgehead atoms. The highest BCUT2D eigenvalue weighted by Crippen LogP contribution is 2.36. The van der Waals surface area contributed by atoms with Gasteiger partial charge in [-0.1, -0.05) is 11.3 Å². The molecule has 16 heavy (non-hydrogen) atoms. The van der Waals surface area contributed by atoms with Crippen LogP contribution in [0.3, 0.4) is 0 Å². The van der Waals surface area contributed by atoms with Crippen molar-refractivity contribution in [1.29, 1.82) is 5.41 Å². The second-order valence-corrected chi connectivity index (χ2v) is 4.36. The highest BCUT2D eigenvalue weighted by molar-refractivity contribution is 7.16. The number of aromatic nitrogens is 1. The molecule has 0 unspecified atom stereocenters. The van der Waals surface area contributed by atoms with E-state index in [1.807, 2.05) is 23.6 Å². The molecule has 0 spiro atoms. The van der Waals surface area contributed by atoms with E-state index in [1.165, 1.54) is 11.3 Å². The Balaban J connectivity index is 0.000000963. The van der Waals surface area contributed by atoms with Crippen LogP contribution in [0.15, 0.2) is 12.1 Å². The third-order valence-electron chi connectivity index (χ3n) is 2.51. The Morgan fingerprint density at radius 3 is 2.75 bits per heavy atom. The third-order valence-corrected chi connectivity index (χ3v) is 3.47. The van der Waals surface area contributed by atoms with Gasteiger partial charge in [-0.3, -0.25) is 5.41 Å². The summed E-state index contributed by atoms with van der Waals surface area (Å²) in [6.07, 6.45) is 0. The first-order valence-corrected chi connectivity index (χ1v) is 5.59. The Kier molecular flexibility index (Phi) is 2.82. The van der Waals surface area contributed by atoms with Gasteiger partial charge in [-0.05, 0) is 6.92 Å². The van der Waals surface area contributed by atoms with Crippen LogP contribution in [0.25, 0.3) is 10.2 Å². The van der Waals surface area contributed by atoms with Crippen LogP contribution in [0, 0.1) is 5.41 Å². The van der Waals surface area contributed by atoms with Crippen LogP contribution in [0.4, 0.5) is 0 Å². The van der Waals surface area contributed by atoms with Gasteiger partial charge in [-0.25, -0.2) is 0 Å². The number of rotatable bonds is 1. The van der Waals surface area contributed by atoms with Gasteiger partial charge in [0.15, 0.2) is 16.3 Å². The van der Waals surface area contributed by atoms with E-state index in [-0.39, 0.29) is 12.4 Å². The van der Waals surface area contributed by atoms with Crippen molar-refractivity contribution in [2.45, 2.75) is 13.5 Å². The first kappa shape index (κ1) is 11.3. The highest BCUT2D eigenvalue weighted by Gasteiger charge is 2.16. The summed E-state index contributed by atoms with van der Waals surface area (Å²) >= 11 is 1.46. The number of aryl methyl sites for hydroxylation is 1. The summed E-state index contributed by atoms with van der Waals surface area (Å²) in [4.78, 5) is 0.566. The Hall–Kier alpha value is -1.20.